The zero-order valence-electron chi connectivity index (χ0n) is 10.2. The average molecular weight is 211 g/mol. The van der Waals surface area contributed by atoms with Gasteiger partial charge in [0.1, 0.15) is 5.78 Å². The first-order valence-corrected chi connectivity index (χ1v) is 6.39. The molecule has 88 valence electrons. The summed E-state index contributed by atoms with van der Waals surface area (Å²) in [6, 6.07) is 0. The third-order valence-electron chi connectivity index (χ3n) is 3.67. The van der Waals surface area contributed by atoms with Crippen LogP contribution in [0.2, 0.25) is 0 Å². The van der Waals surface area contributed by atoms with Gasteiger partial charge in [-0.3, -0.25) is 4.79 Å². The van der Waals surface area contributed by atoms with Gasteiger partial charge < -0.3 is 5.73 Å². The van der Waals surface area contributed by atoms with Crippen molar-refractivity contribution in [1.82, 2.24) is 0 Å². The maximum Gasteiger partial charge on any atom is 0.138 e. The molecule has 0 aliphatic heterocycles. The van der Waals surface area contributed by atoms with Crippen LogP contribution in [0.15, 0.2) is 0 Å². The number of carbonyl (C=O) groups excluding carboxylic acids is 1. The zero-order valence-corrected chi connectivity index (χ0v) is 10.2. The summed E-state index contributed by atoms with van der Waals surface area (Å²) in [5.41, 5.74) is 5.47. The molecule has 1 rings (SSSR count). The van der Waals surface area contributed by atoms with Crippen molar-refractivity contribution in [2.24, 2.45) is 23.5 Å². The standard InChI is InChI=1S/C13H25NO/c1-10-5-3-7-12(9-10)13(15)11(2)6-4-8-14/h10-12H,3-9,14H2,1-2H3. The van der Waals surface area contributed by atoms with Crippen LogP contribution in [0.4, 0.5) is 0 Å². The number of Topliss-reactive ketones (excluding diaryl/α,β-unsaturated/α-hetero) is 1. The van der Waals surface area contributed by atoms with Crippen LogP contribution in [0, 0.1) is 17.8 Å². The van der Waals surface area contributed by atoms with Gasteiger partial charge in [0.25, 0.3) is 0 Å². The Bertz CT molecular complexity index is 203. The van der Waals surface area contributed by atoms with E-state index in [0.717, 1.165) is 31.6 Å². The lowest BCUT2D eigenvalue weighted by molar-refractivity contribution is -0.127. The largest absolute Gasteiger partial charge is 0.330 e. The summed E-state index contributed by atoms with van der Waals surface area (Å²) in [6.07, 6.45) is 6.74. The van der Waals surface area contributed by atoms with Crippen LogP contribution in [0.5, 0.6) is 0 Å². The van der Waals surface area contributed by atoms with Crippen molar-refractivity contribution in [3.05, 3.63) is 0 Å². The molecule has 0 amide bonds. The van der Waals surface area contributed by atoms with E-state index < -0.39 is 0 Å². The average Bonchev–Trinajstić information content (AvgIpc) is 2.24. The zero-order chi connectivity index (χ0) is 11.3. The lowest BCUT2D eigenvalue weighted by atomic mass is 9.77. The molecule has 1 fully saturated rings. The summed E-state index contributed by atoms with van der Waals surface area (Å²) in [7, 11) is 0. The van der Waals surface area contributed by atoms with E-state index in [1.165, 1.54) is 12.8 Å². The van der Waals surface area contributed by atoms with Crippen molar-refractivity contribution in [1.29, 1.82) is 0 Å². The molecule has 0 radical (unpaired) electrons. The summed E-state index contributed by atoms with van der Waals surface area (Å²) in [4.78, 5) is 12.1. The van der Waals surface area contributed by atoms with Crippen LogP contribution in [0.3, 0.4) is 0 Å². The van der Waals surface area contributed by atoms with Crippen molar-refractivity contribution in [2.75, 3.05) is 6.54 Å². The van der Waals surface area contributed by atoms with Gasteiger partial charge in [-0.1, -0.05) is 26.7 Å². The van der Waals surface area contributed by atoms with E-state index in [2.05, 4.69) is 13.8 Å². The van der Waals surface area contributed by atoms with E-state index in [1.54, 1.807) is 0 Å². The highest BCUT2D eigenvalue weighted by atomic mass is 16.1. The van der Waals surface area contributed by atoms with E-state index in [-0.39, 0.29) is 5.92 Å². The maximum atomic E-state index is 12.1. The molecule has 2 nitrogen and oxygen atoms in total. The predicted octanol–water partition coefficient (Wildman–Crippen LogP) is 2.76. The summed E-state index contributed by atoms with van der Waals surface area (Å²) < 4.78 is 0. The van der Waals surface area contributed by atoms with Crippen molar-refractivity contribution in [2.45, 2.75) is 52.4 Å². The molecule has 1 aliphatic rings. The Morgan fingerprint density at radius 1 is 1.47 bits per heavy atom. The SMILES string of the molecule is CC1CCCC(C(=O)C(C)CCCN)C1. The molecule has 0 aromatic carbocycles. The van der Waals surface area contributed by atoms with Crippen LogP contribution in [0.25, 0.3) is 0 Å². The Morgan fingerprint density at radius 3 is 2.80 bits per heavy atom. The fourth-order valence-electron chi connectivity index (χ4n) is 2.66. The summed E-state index contributed by atoms with van der Waals surface area (Å²) in [5.74, 6) is 1.81. The molecule has 0 saturated heterocycles. The number of carbonyl (C=O) groups is 1. The topological polar surface area (TPSA) is 43.1 Å². The fourth-order valence-corrected chi connectivity index (χ4v) is 2.66. The summed E-state index contributed by atoms with van der Waals surface area (Å²) in [5, 5.41) is 0. The molecule has 0 bridgehead atoms. The smallest absolute Gasteiger partial charge is 0.138 e. The summed E-state index contributed by atoms with van der Waals surface area (Å²) in [6.45, 7) is 5.04. The van der Waals surface area contributed by atoms with Gasteiger partial charge in [0.2, 0.25) is 0 Å². The Labute approximate surface area is 93.6 Å². The molecule has 0 heterocycles. The molecule has 15 heavy (non-hydrogen) atoms. The second kappa shape index (κ2) is 6.26. The summed E-state index contributed by atoms with van der Waals surface area (Å²) >= 11 is 0. The lowest BCUT2D eigenvalue weighted by Gasteiger charge is -2.27. The molecule has 2 N–H and O–H groups in total. The first kappa shape index (κ1) is 12.7. The monoisotopic (exact) mass is 211 g/mol. The van der Waals surface area contributed by atoms with Crippen molar-refractivity contribution >= 4 is 5.78 Å². The predicted molar refractivity (Wildman–Crippen MR) is 63.6 cm³/mol. The quantitative estimate of drug-likeness (QED) is 0.760. The van der Waals surface area contributed by atoms with E-state index in [0.29, 0.717) is 18.2 Å². The lowest BCUT2D eigenvalue weighted by Crippen LogP contribution is -2.26. The molecular formula is C13H25NO. The minimum atomic E-state index is 0.226. The van der Waals surface area contributed by atoms with Crippen molar-refractivity contribution < 1.29 is 4.79 Å². The molecule has 0 aromatic rings. The molecule has 1 saturated carbocycles. The fraction of sp³-hybridized carbons (Fsp3) is 0.923. The van der Waals surface area contributed by atoms with E-state index in [4.69, 9.17) is 5.73 Å². The van der Waals surface area contributed by atoms with Crippen molar-refractivity contribution in [3.8, 4) is 0 Å². The molecule has 0 aromatic heterocycles. The number of nitrogens with two attached hydrogens (primary N) is 1. The van der Waals surface area contributed by atoms with Gasteiger partial charge in [-0.25, -0.2) is 0 Å². The minimum Gasteiger partial charge on any atom is -0.330 e. The molecule has 1 aliphatic carbocycles. The van der Waals surface area contributed by atoms with Crippen LogP contribution in [-0.2, 0) is 4.79 Å². The molecule has 2 heteroatoms. The Balaban J connectivity index is 2.37. The number of rotatable bonds is 5. The number of hydrogen-bond donors (Lipinski definition) is 1. The first-order valence-electron chi connectivity index (χ1n) is 6.39. The highest BCUT2D eigenvalue weighted by molar-refractivity contribution is 5.83. The Kier molecular flexibility index (Phi) is 5.30. The maximum absolute atomic E-state index is 12.1. The Hall–Kier alpha value is -0.370. The van der Waals surface area contributed by atoms with Crippen molar-refractivity contribution in [3.63, 3.8) is 0 Å². The number of hydrogen-bond acceptors (Lipinski definition) is 2. The van der Waals surface area contributed by atoms with Gasteiger partial charge in [-0.2, -0.15) is 0 Å². The molecule has 3 unspecified atom stereocenters. The van der Waals surface area contributed by atoms with Gasteiger partial charge in [0.05, 0.1) is 0 Å². The van der Waals surface area contributed by atoms with E-state index >= 15 is 0 Å². The highest BCUT2D eigenvalue weighted by Crippen LogP contribution is 2.31. The van der Waals surface area contributed by atoms with Gasteiger partial charge >= 0.3 is 0 Å². The second-order valence-electron chi connectivity index (χ2n) is 5.20. The van der Waals surface area contributed by atoms with Gasteiger partial charge in [0, 0.05) is 11.8 Å². The molecular weight excluding hydrogens is 186 g/mol. The van der Waals surface area contributed by atoms with Gasteiger partial charge in [-0.15, -0.1) is 0 Å². The second-order valence-corrected chi connectivity index (χ2v) is 5.20. The third-order valence-corrected chi connectivity index (χ3v) is 3.67. The Morgan fingerprint density at radius 2 is 2.20 bits per heavy atom. The van der Waals surface area contributed by atoms with Gasteiger partial charge in [-0.05, 0) is 38.1 Å². The van der Waals surface area contributed by atoms with Crippen LogP contribution < -0.4 is 5.73 Å². The van der Waals surface area contributed by atoms with Crippen LogP contribution >= 0.6 is 0 Å². The highest BCUT2D eigenvalue weighted by Gasteiger charge is 2.27. The number of ketones is 1. The van der Waals surface area contributed by atoms with Crippen LogP contribution in [0.1, 0.15) is 52.4 Å². The van der Waals surface area contributed by atoms with Gasteiger partial charge in [0.15, 0.2) is 0 Å². The van der Waals surface area contributed by atoms with E-state index in [1.807, 2.05) is 0 Å². The first-order chi connectivity index (χ1) is 7.15. The molecule has 0 spiro atoms. The third kappa shape index (κ3) is 3.94. The normalized spacial score (nSPS) is 28.7. The van der Waals surface area contributed by atoms with Crippen LogP contribution in [-0.4, -0.2) is 12.3 Å². The minimum absolute atomic E-state index is 0.226. The van der Waals surface area contributed by atoms with E-state index in [9.17, 15) is 4.79 Å². The molecule has 3 atom stereocenters.